The molecule has 2 nitrogen and oxygen atoms in total. The van der Waals surface area contributed by atoms with E-state index in [9.17, 15) is 4.79 Å². The fraction of sp³-hybridized carbons (Fsp3) is 0.950. The predicted molar refractivity (Wildman–Crippen MR) is 175 cm³/mol. The molecule has 0 radical (unpaired) electrons. The molecule has 0 saturated heterocycles. The molecule has 6 unspecified atom stereocenters. The second-order valence-electron chi connectivity index (χ2n) is 7.09. The van der Waals surface area contributed by atoms with Gasteiger partial charge in [0.15, 0.2) is 0 Å². The summed E-state index contributed by atoms with van der Waals surface area (Å²) in [4.78, 5) is 11.3. The molecule has 0 saturated carbocycles. The van der Waals surface area contributed by atoms with Crippen molar-refractivity contribution in [1.82, 2.24) is 0 Å². The summed E-state index contributed by atoms with van der Waals surface area (Å²) in [7, 11) is 0. The SMILES string of the molecule is CCOC(=O)CCCCCCCC(I)C(I)CC(I)C(I)CC(I)C(I)CC. The van der Waals surface area contributed by atoms with E-state index < -0.39 is 0 Å². The third-order valence-electron chi connectivity index (χ3n) is 4.63. The molecular formula is C20H34I6O2. The van der Waals surface area contributed by atoms with Crippen molar-refractivity contribution in [3.63, 3.8) is 0 Å². The molecule has 0 spiro atoms. The van der Waals surface area contributed by atoms with Crippen LogP contribution in [0.5, 0.6) is 0 Å². The number of ether oxygens (including phenoxy) is 1. The zero-order valence-corrected chi connectivity index (χ0v) is 29.8. The molecular weight excluding hydrogens is 1030 g/mol. The van der Waals surface area contributed by atoms with Crippen LogP contribution in [0.1, 0.15) is 78.1 Å². The van der Waals surface area contributed by atoms with Crippen molar-refractivity contribution in [2.75, 3.05) is 6.61 Å². The lowest BCUT2D eigenvalue weighted by Crippen LogP contribution is -2.27. The van der Waals surface area contributed by atoms with Crippen LogP contribution in [-0.4, -0.2) is 36.1 Å². The summed E-state index contributed by atoms with van der Waals surface area (Å²) >= 11 is 16.0. The van der Waals surface area contributed by atoms with Crippen LogP contribution in [0.3, 0.4) is 0 Å². The lowest BCUT2D eigenvalue weighted by atomic mass is 10.0. The highest BCUT2D eigenvalue weighted by Gasteiger charge is 2.26. The van der Waals surface area contributed by atoms with Gasteiger partial charge in [-0.25, -0.2) is 0 Å². The summed E-state index contributed by atoms with van der Waals surface area (Å²) in [5, 5.41) is 0. The van der Waals surface area contributed by atoms with E-state index >= 15 is 0 Å². The van der Waals surface area contributed by atoms with Gasteiger partial charge in [-0.1, -0.05) is 168 Å². The Balaban J connectivity index is 3.90. The normalized spacial score (nSPS) is 18.1. The van der Waals surface area contributed by atoms with Crippen molar-refractivity contribution in [3.8, 4) is 0 Å². The van der Waals surface area contributed by atoms with Gasteiger partial charge in [-0.3, -0.25) is 4.79 Å². The number of esters is 1. The molecule has 8 heteroatoms. The Hall–Kier alpha value is 3.85. The number of unbranched alkanes of at least 4 members (excludes halogenated alkanes) is 4. The van der Waals surface area contributed by atoms with E-state index in [0.29, 0.717) is 13.0 Å². The highest BCUT2D eigenvalue weighted by molar-refractivity contribution is 14.1. The summed E-state index contributed by atoms with van der Waals surface area (Å²) in [6.07, 6.45) is 11.8. The van der Waals surface area contributed by atoms with Crippen LogP contribution in [-0.2, 0) is 9.53 Å². The highest BCUT2D eigenvalue weighted by Crippen LogP contribution is 2.34. The molecule has 28 heavy (non-hydrogen) atoms. The van der Waals surface area contributed by atoms with Crippen molar-refractivity contribution in [3.05, 3.63) is 0 Å². The minimum Gasteiger partial charge on any atom is -0.466 e. The Labute approximate surface area is 255 Å². The van der Waals surface area contributed by atoms with Crippen LogP contribution in [0, 0.1) is 0 Å². The van der Waals surface area contributed by atoms with Gasteiger partial charge in [-0.15, -0.1) is 0 Å². The molecule has 168 valence electrons. The van der Waals surface area contributed by atoms with Gasteiger partial charge in [0, 0.05) is 30.0 Å². The maximum absolute atomic E-state index is 11.3. The standard InChI is InChI=1S/C20H34I6O2/c1-3-14(21)16(23)12-18(25)19(26)13-17(24)15(22)10-8-6-5-7-9-11-20(27)28-4-2/h14-19H,3-13H2,1-2H3. The summed E-state index contributed by atoms with van der Waals surface area (Å²) in [6.45, 7) is 4.67. The van der Waals surface area contributed by atoms with E-state index in [0.717, 1.165) is 36.4 Å². The molecule has 0 aliphatic heterocycles. The molecule has 0 aromatic heterocycles. The van der Waals surface area contributed by atoms with Crippen LogP contribution in [0.4, 0.5) is 0 Å². The summed E-state index contributed by atoms with van der Waals surface area (Å²) in [5.41, 5.74) is 0. The first kappa shape index (κ1) is 31.9. The Bertz CT molecular complexity index is 399. The molecule has 0 aliphatic rings. The maximum Gasteiger partial charge on any atom is 0.305 e. The maximum atomic E-state index is 11.3. The molecule has 0 aliphatic carbocycles. The summed E-state index contributed by atoms with van der Waals surface area (Å²) in [6, 6.07) is 0. The van der Waals surface area contributed by atoms with Gasteiger partial charge in [-0.2, -0.15) is 0 Å². The second-order valence-corrected chi connectivity index (χ2v) is 16.7. The van der Waals surface area contributed by atoms with Crippen LogP contribution in [0.15, 0.2) is 0 Å². The summed E-state index contributed by atoms with van der Waals surface area (Å²) < 4.78 is 9.61. The molecule has 0 rings (SSSR count). The number of alkyl halides is 6. The lowest BCUT2D eigenvalue weighted by Gasteiger charge is -2.25. The third kappa shape index (κ3) is 16.5. The first-order valence-electron chi connectivity index (χ1n) is 10.2. The van der Waals surface area contributed by atoms with Crippen LogP contribution >= 0.6 is 136 Å². The number of hydrogen-bond acceptors (Lipinski definition) is 2. The summed E-state index contributed by atoms with van der Waals surface area (Å²) in [5.74, 6) is -0.0397. The van der Waals surface area contributed by atoms with E-state index in [1.807, 2.05) is 6.92 Å². The van der Waals surface area contributed by atoms with E-state index in [4.69, 9.17) is 4.74 Å². The zero-order valence-electron chi connectivity index (χ0n) is 16.8. The fourth-order valence-corrected chi connectivity index (χ4v) is 9.45. The molecule has 0 fully saturated rings. The first-order chi connectivity index (χ1) is 13.2. The smallest absolute Gasteiger partial charge is 0.305 e. The molecule has 0 amide bonds. The molecule has 0 N–H and O–H groups in total. The van der Waals surface area contributed by atoms with Crippen molar-refractivity contribution < 1.29 is 9.53 Å². The van der Waals surface area contributed by atoms with Gasteiger partial charge in [-0.05, 0) is 39.0 Å². The molecule has 0 bridgehead atoms. The van der Waals surface area contributed by atoms with Gasteiger partial charge >= 0.3 is 5.97 Å². The Morgan fingerprint density at radius 3 is 1.68 bits per heavy atom. The monoisotopic (exact) mass is 1070 g/mol. The van der Waals surface area contributed by atoms with E-state index in [1.165, 1.54) is 44.9 Å². The molecule has 0 aromatic carbocycles. The van der Waals surface area contributed by atoms with E-state index in [2.05, 4.69) is 142 Å². The predicted octanol–water partition coefficient (Wildman–Crippen LogP) is 9.29. The molecule has 6 atom stereocenters. The van der Waals surface area contributed by atoms with Crippen LogP contribution in [0.25, 0.3) is 0 Å². The lowest BCUT2D eigenvalue weighted by molar-refractivity contribution is -0.143. The van der Waals surface area contributed by atoms with Crippen LogP contribution < -0.4 is 0 Å². The minimum absolute atomic E-state index is 0.0397. The van der Waals surface area contributed by atoms with Gasteiger partial charge in [0.05, 0.1) is 6.61 Å². The Morgan fingerprint density at radius 1 is 0.679 bits per heavy atom. The third-order valence-corrected chi connectivity index (χ3v) is 17.5. The topological polar surface area (TPSA) is 26.3 Å². The quantitative estimate of drug-likeness (QED) is 0.0629. The van der Waals surface area contributed by atoms with Gasteiger partial charge in [0.2, 0.25) is 0 Å². The highest BCUT2D eigenvalue weighted by atomic mass is 127. The number of carbonyl (C=O) groups is 1. The van der Waals surface area contributed by atoms with E-state index in [-0.39, 0.29) is 5.97 Å². The van der Waals surface area contributed by atoms with Gasteiger partial charge in [0.25, 0.3) is 0 Å². The number of hydrogen-bond donors (Lipinski definition) is 0. The largest absolute Gasteiger partial charge is 0.466 e. The van der Waals surface area contributed by atoms with Crippen LogP contribution in [0.2, 0.25) is 0 Å². The van der Waals surface area contributed by atoms with Gasteiger partial charge < -0.3 is 4.74 Å². The second kappa shape index (κ2) is 20.2. The van der Waals surface area contributed by atoms with Gasteiger partial charge in [0.1, 0.15) is 0 Å². The van der Waals surface area contributed by atoms with Crippen molar-refractivity contribution in [2.24, 2.45) is 0 Å². The average Bonchev–Trinajstić information content (AvgIpc) is 2.66. The fourth-order valence-electron chi connectivity index (χ4n) is 2.83. The average molecular weight is 1070 g/mol. The van der Waals surface area contributed by atoms with Crippen molar-refractivity contribution in [1.29, 1.82) is 0 Å². The number of rotatable bonds is 17. The molecule has 0 heterocycles. The Morgan fingerprint density at radius 2 is 1.14 bits per heavy atom. The first-order valence-corrected chi connectivity index (χ1v) is 17.7. The van der Waals surface area contributed by atoms with E-state index in [1.54, 1.807) is 0 Å². The van der Waals surface area contributed by atoms with Crippen molar-refractivity contribution >= 4 is 142 Å². The number of carbonyl (C=O) groups excluding carboxylic acids is 1. The van der Waals surface area contributed by atoms with Crippen molar-refractivity contribution in [2.45, 2.75) is 102 Å². The molecule has 0 aromatic rings. The Kier molecular flexibility index (Phi) is 23.0. The zero-order chi connectivity index (χ0) is 21.5. The minimum atomic E-state index is -0.0397. The number of halogens is 6.